The molecule has 0 unspecified atom stereocenters. The Morgan fingerprint density at radius 3 is 2.54 bits per heavy atom. The summed E-state index contributed by atoms with van der Waals surface area (Å²) in [5.74, 6) is 1.34. The Morgan fingerprint density at radius 1 is 1.31 bits per heavy atom. The summed E-state index contributed by atoms with van der Waals surface area (Å²) in [5, 5.41) is 8.37. The molecule has 0 spiro atoms. The number of carbonyl (C=O) groups is 1. The smallest absolute Gasteiger partial charge is 0.313 e. The first kappa shape index (κ1) is 12.8. The third kappa shape index (κ3) is 11.8. The molecule has 0 atom stereocenters. The van der Waals surface area contributed by atoms with E-state index in [9.17, 15) is 4.79 Å². The standard InChI is InChI=1S/C10H20O2S/c1-9(2)6-4-3-5-7-13-8-10(11)12/h9H,3-8H2,1-2H3,(H,11,12). The first-order valence-electron chi connectivity index (χ1n) is 4.92. The third-order valence-electron chi connectivity index (χ3n) is 1.80. The molecule has 78 valence electrons. The van der Waals surface area contributed by atoms with Crippen molar-refractivity contribution in [2.24, 2.45) is 5.92 Å². The Kier molecular flexibility index (Phi) is 8.30. The lowest BCUT2D eigenvalue weighted by Gasteiger charge is -2.03. The lowest BCUT2D eigenvalue weighted by molar-refractivity contribution is -0.133. The average Bonchev–Trinajstić information content (AvgIpc) is 2.01. The van der Waals surface area contributed by atoms with Crippen LogP contribution in [0.25, 0.3) is 0 Å². The highest BCUT2D eigenvalue weighted by Gasteiger charge is 1.97. The highest BCUT2D eigenvalue weighted by molar-refractivity contribution is 7.99. The van der Waals surface area contributed by atoms with Crippen LogP contribution in [0.4, 0.5) is 0 Å². The average molecular weight is 204 g/mol. The van der Waals surface area contributed by atoms with Gasteiger partial charge < -0.3 is 5.11 Å². The normalized spacial score (nSPS) is 10.7. The van der Waals surface area contributed by atoms with Crippen LogP contribution in [-0.2, 0) is 4.79 Å². The number of carboxylic acid groups (broad SMARTS) is 1. The van der Waals surface area contributed by atoms with Gasteiger partial charge in [0.15, 0.2) is 0 Å². The van der Waals surface area contributed by atoms with Crippen molar-refractivity contribution in [3.05, 3.63) is 0 Å². The van der Waals surface area contributed by atoms with Crippen LogP contribution >= 0.6 is 11.8 Å². The molecule has 0 fully saturated rings. The van der Waals surface area contributed by atoms with E-state index in [1.807, 2.05) is 0 Å². The maximum absolute atomic E-state index is 10.2. The highest BCUT2D eigenvalue weighted by Crippen LogP contribution is 2.10. The summed E-state index contributed by atoms with van der Waals surface area (Å²) < 4.78 is 0. The van der Waals surface area contributed by atoms with Crippen LogP contribution in [0.1, 0.15) is 39.5 Å². The molecule has 3 heteroatoms. The van der Waals surface area contributed by atoms with Crippen LogP contribution in [0.5, 0.6) is 0 Å². The molecule has 0 aliphatic heterocycles. The summed E-state index contributed by atoms with van der Waals surface area (Å²) in [6, 6.07) is 0. The van der Waals surface area contributed by atoms with Gasteiger partial charge in [0.2, 0.25) is 0 Å². The molecule has 1 N–H and O–H groups in total. The highest BCUT2D eigenvalue weighted by atomic mass is 32.2. The predicted octanol–water partition coefficient (Wildman–Crippen LogP) is 3.02. The van der Waals surface area contributed by atoms with E-state index in [2.05, 4.69) is 13.8 Å². The minimum atomic E-state index is -0.702. The molecule has 0 aromatic heterocycles. The first-order valence-corrected chi connectivity index (χ1v) is 6.08. The van der Waals surface area contributed by atoms with Crippen LogP contribution in [0.15, 0.2) is 0 Å². The van der Waals surface area contributed by atoms with Gasteiger partial charge in [-0.3, -0.25) is 4.79 Å². The third-order valence-corrected chi connectivity index (χ3v) is 2.82. The molecule has 0 aromatic carbocycles. The quantitative estimate of drug-likeness (QED) is 0.617. The lowest BCUT2D eigenvalue weighted by Crippen LogP contribution is -1.98. The van der Waals surface area contributed by atoms with Crippen LogP contribution < -0.4 is 0 Å². The second-order valence-corrected chi connectivity index (χ2v) is 4.79. The molecule has 2 nitrogen and oxygen atoms in total. The number of rotatable bonds is 8. The SMILES string of the molecule is CC(C)CCCCCSCC(=O)O. The second-order valence-electron chi connectivity index (χ2n) is 3.69. The molecular weight excluding hydrogens is 184 g/mol. The van der Waals surface area contributed by atoms with Gasteiger partial charge in [0.1, 0.15) is 0 Å². The van der Waals surface area contributed by atoms with Crippen molar-refractivity contribution in [3.8, 4) is 0 Å². The molecule has 0 amide bonds. The van der Waals surface area contributed by atoms with Gasteiger partial charge in [-0.2, -0.15) is 11.8 Å². The zero-order chi connectivity index (χ0) is 10.1. The zero-order valence-corrected chi connectivity index (χ0v) is 9.40. The number of hydrogen-bond donors (Lipinski definition) is 1. The number of unbranched alkanes of at least 4 members (excludes halogenated alkanes) is 2. The summed E-state index contributed by atoms with van der Waals surface area (Å²) in [6.07, 6.45) is 4.98. The van der Waals surface area contributed by atoms with Crippen molar-refractivity contribution in [1.82, 2.24) is 0 Å². The number of thioether (sulfide) groups is 1. The van der Waals surface area contributed by atoms with Gasteiger partial charge in [-0.15, -0.1) is 0 Å². The molecule has 0 saturated heterocycles. The lowest BCUT2D eigenvalue weighted by atomic mass is 10.1. The van der Waals surface area contributed by atoms with E-state index >= 15 is 0 Å². The van der Waals surface area contributed by atoms with Gasteiger partial charge in [-0.05, 0) is 18.1 Å². The van der Waals surface area contributed by atoms with E-state index in [1.165, 1.54) is 31.0 Å². The summed E-state index contributed by atoms with van der Waals surface area (Å²) >= 11 is 1.52. The van der Waals surface area contributed by atoms with Crippen molar-refractivity contribution >= 4 is 17.7 Å². The van der Waals surface area contributed by atoms with Gasteiger partial charge in [0.25, 0.3) is 0 Å². The first-order chi connectivity index (χ1) is 6.13. The molecule has 0 aromatic rings. The molecule has 0 bridgehead atoms. The minimum Gasteiger partial charge on any atom is -0.481 e. The Labute approximate surface area is 85.1 Å². The monoisotopic (exact) mass is 204 g/mol. The molecule has 0 aliphatic rings. The summed E-state index contributed by atoms with van der Waals surface area (Å²) in [4.78, 5) is 10.2. The summed E-state index contributed by atoms with van der Waals surface area (Å²) in [7, 11) is 0. The molecular formula is C10H20O2S. The fourth-order valence-corrected chi connectivity index (χ4v) is 1.82. The maximum Gasteiger partial charge on any atom is 0.313 e. The molecule has 0 rings (SSSR count). The van der Waals surface area contributed by atoms with Crippen LogP contribution in [0.2, 0.25) is 0 Å². The maximum atomic E-state index is 10.2. The Morgan fingerprint density at radius 2 is 2.00 bits per heavy atom. The Hall–Kier alpha value is -0.180. The van der Waals surface area contributed by atoms with E-state index in [-0.39, 0.29) is 5.75 Å². The largest absolute Gasteiger partial charge is 0.481 e. The molecule has 0 aliphatic carbocycles. The van der Waals surface area contributed by atoms with E-state index in [1.54, 1.807) is 0 Å². The minimum absolute atomic E-state index is 0.254. The van der Waals surface area contributed by atoms with Crippen LogP contribution in [0.3, 0.4) is 0 Å². The fraction of sp³-hybridized carbons (Fsp3) is 0.900. The van der Waals surface area contributed by atoms with Gasteiger partial charge in [0, 0.05) is 0 Å². The fourth-order valence-electron chi connectivity index (χ4n) is 1.09. The summed E-state index contributed by atoms with van der Waals surface area (Å²) in [5.41, 5.74) is 0. The predicted molar refractivity (Wildman–Crippen MR) is 58.3 cm³/mol. The van der Waals surface area contributed by atoms with Crippen molar-refractivity contribution in [3.63, 3.8) is 0 Å². The van der Waals surface area contributed by atoms with Gasteiger partial charge in [-0.25, -0.2) is 0 Å². The molecule has 0 radical (unpaired) electrons. The van der Waals surface area contributed by atoms with Gasteiger partial charge in [-0.1, -0.05) is 33.1 Å². The van der Waals surface area contributed by atoms with Crippen molar-refractivity contribution < 1.29 is 9.90 Å². The molecule has 0 heterocycles. The van der Waals surface area contributed by atoms with Gasteiger partial charge in [0.05, 0.1) is 5.75 Å². The Balaban J connectivity index is 2.96. The van der Waals surface area contributed by atoms with Crippen LogP contribution in [-0.4, -0.2) is 22.6 Å². The van der Waals surface area contributed by atoms with E-state index in [0.29, 0.717) is 0 Å². The molecule has 0 saturated carbocycles. The number of carboxylic acids is 1. The van der Waals surface area contributed by atoms with Crippen LogP contribution in [0, 0.1) is 5.92 Å². The van der Waals surface area contributed by atoms with Crippen molar-refractivity contribution in [1.29, 1.82) is 0 Å². The Bertz CT molecular complexity index is 135. The van der Waals surface area contributed by atoms with E-state index < -0.39 is 5.97 Å². The van der Waals surface area contributed by atoms with Crippen molar-refractivity contribution in [2.45, 2.75) is 39.5 Å². The van der Waals surface area contributed by atoms with Gasteiger partial charge >= 0.3 is 5.97 Å². The summed E-state index contributed by atoms with van der Waals surface area (Å²) in [6.45, 7) is 4.47. The number of hydrogen-bond acceptors (Lipinski definition) is 2. The zero-order valence-electron chi connectivity index (χ0n) is 8.58. The second kappa shape index (κ2) is 8.42. The number of aliphatic carboxylic acids is 1. The van der Waals surface area contributed by atoms with Crippen molar-refractivity contribution in [2.75, 3.05) is 11.5 Å². The topological polar surface area (TPSA) is 37.3 Å². The van der Waals surface area contributed by atoms with E-state index in [4.69, 9.17) is 5.11 Å². The van der Waals surface area contributed by atoms with E-state index in [0.717, 1.165) is 18.1 Å². The molecule has 13 heavy (non-hydrogen) atoms.